The molecule has 5 nitrogen and oxygen atoms in total. The molecule has 0 aliphatic carbocycles. The van der Waals surface area contributed by atoms with Crippen LogP contribution in [0.5, 0.6) is 0 Å². The molecule has 5 heteroatoms. The van der Waals surface area contributed by atoms with Gasteiger partial charge in [-0.25, -0.2) is 0 Å². The van der Waals surface area contributed by atoms with E-state index in [4.69, 9.17) is 0 Å². The number of carbonyl (C=O) groups is 2. The number of rotatable bonds is 5. The standard InChI is InChI=1S/C11H21N3O2/c1-8(2)5-13-11(16)7-12-9-3-4-10(15)14-6-9/h8-9,12H,3-7H2,1-2H3,(H,13,16)(H,14,15). The fourth-order valence-electron chi connectivity index (χ4n) is 1.52. The zero-order valence-electron chi connectivity index (χ0n) is 10.0. The number of amides is 2. The lowest BCUT2D eigenvalue weighted by molar-refractivity contribution is -0.122. The molecule has 3 N–H and O–H groups in total. The minimum atomic E-state index is 0.0191. The second kappa shape index (κ2) is 6.48. The van der Waals surface area contributed by atoms with Gasteiger partial charge in [0.05, 0.1) is 6.54 Å². The molecule has 1 heterocycles. The van der Waals surface area contributed by atoms with Gasteiger partial charge in [-0.15, -0.1) is 0 Å². The molecule has 1 saturated heterocycles. The van der Waals surface area contributed by atoms with E-state index in [1.165, 1.54) is 0 Å². The third kappa shape index (κ3) is 5.11. The Balaban J connectivity index is 2.09. The fourth-order valence-corrected chi connectivity index (χ4v) is 1.52. The van der Waals surface area contributed by atoms with Gasteiger partial charge in [-0.3, -0.25) is 9.59 Å². The van der Waals surface area contributed by atoms with Crippen LogP contribution in [0.1, 0.15) is 26.7 Å². The van der Waals surface area contributed by atoms with Gasteiger partial charge in [0.15, 0.2) is 0 Å². The van der Waals surface area contributed by atoms with Crippen molar-refractivity contribution in [3.63, 3.8) is 0 Å². The lowest BCUT2D eigenvalue weighted by Crippen LogP contribution is -2.48. The number of piperidine rings is 1. The summed E-state index contributed by atoms with van der Waals surface area (Å²) in [6.45, 7) is 5.78. The van der Waals surface area contributed by atoms with Gasteiger partial charge in [0.2, 0.25) is 11.8 Å². The zero-order valence-corrected chi connectivity index (χ0v) is 10.0. The highest BCUT2D eigenvalue weighted by Gasteiger charge is 2.17. The molecule has 0 aromatic rings. The lowest BCUT2D eigenvalue weighted by Gasteiger charge is -2.23. The van der Waals surface area contributed by atoms with Crippen LogP contribution in [-0.2, 0) is 9.59 Å². The summed E-state index contributed by atoms with van der Waals surface area (Å²) < 4.78 is 0. The number of hydrogen-bond donors (Lipinski definition) is 3. The smallest absolute Gasteiger partial charge is 0.233 e. The molecule has 0 saturated carbocycles. The first-order valence-electron chi connectivity index (χ1n) is 5.84. The van der Waals surface area contributed by atoms with Gasteiger partial charge >= 0.3 is 0 Å². The molecule has 0 aromatic heterocycles. The Morgan fingerprint density at radius 1 is 1.56 bits per heavy atom. The average molecular weight is 227 g/mol. The molecule has 2 amide bonds. The van der Waals surface area contributed by atoms with Crippen LogP contribution in [0.25, 0.3) is 0 Å². The van der Waals surface area contributed by atoms with Gasteiger partial charge in [0, 0.05) is 25.6 Å². The van der Waals surface area contributed by atoms with Crippen LogP contribution in [0.4, 0.5) is 0 Å². The summed E-state index contributed by atoms with van der Waals surface area (Å²) in [5.74, 6) is 0.589. The van der Waals surface area contributed by atoms with Crippen molar-refractivity contribution in [2.75, 3.05) is 19.6 Å². The Morgan fingerprint density at radius 2 is 2.31 bits per heavy atom. The molecule has 1 unspecified atom stereocenters. The molecule has 1 aliphatic heterocycles. The van der Waals surface area contributed by atoms with Crippen molar-refractivity contribution in [1.29, 1.82) is 0 Å². The normalized spacial score (nSPS) is 20.7. The van der Waals surface area contributed by atoms with Crippen molar-refractivity contribution in [1.82, 2.24) is 16.0 Å². The van der Waals surface area contributed by atoms with E-state index in [0.717, 1.165) is 6.42 Å². The molecule has 1 aliphatic rings. The van der Waals surface area contributed by atoms with Crippen molar-refractivity contribution in [2.24, 2.45) is 5.92 Å². The molecular formula is C11H21N3O2. The maximum atomic E-state index is 11.4. The predicted molar refractivity (Wildman–Crippen MR) is 61.9 cm³/mol. The van der Waals surface area contributed by atoms with Crippen molar-refractivity contribution >= 4 is 11.8 Å². The molecule has 16 heavy (non-hydrogen) atoms. The van der Waals surface area contributed by atoms with Crippen LogP contribution < -0.4 is 16.0 Å². The summed E-state index contributed by atoms with van der Waals surface area (Å²) in [5.41, 5.74) is 0. The second-order valence-electron chi connectivity index (χ2n) is 4.62. The van der Waals surface area contributed by atoms with E-state index in [1.54, 1.807) is 0 Å². The van der Waals surface area contributed by atoms with Crippen LogP contribution in [0.3, 0.4) is 0 Å². The fraction of sp³-hybridized carbons (Fsp3) is 0.818. The minimum absolute atomic E-state index is 0.0191. The molecule has 92 valence electrons. The molecule has 1 atom stereocenters. The van der Waals surface area contributed by atoms with Gasteiger partial charge in [-0.05, 0) is 12.3 Å². The van der Waals surface area contributed by atoms with Gasteiger partial charge in [0.25, 0.3) is 0 Å². The first kappa shape index (κ1) is 13.0. The quantitative estimate of drug-likeness (QED) is 0.600. The van der Waals surface area contributed by atoms with E-state index < -0.39 is 0 Å². The highest BCUT2D eigenvalue weighted by molar-refractivity contribution is 5.78. The first-order chi connectivity index (χ1) is 7.58. The highest BCUT2D eigenvalue weighted by atomic mass is 16.2. The summed E-state index contributed by atoms with van der Waals surface area (Å²) in [6.07, 6.45) is 1.36. The van der Waals surface area contributed by atoms with Gasteiger partial charge in [-0.2, -0.15) is 0 Å². The molecule has 0 radical (unpaired) electrons. The zero-order chi connectivity index (χ0) is 12.0. The Kier molecular flexibility index (Phi) is 5.25. The Bertz CT molecular complexity index is 244. The highest BCUT2D eigenvalue weighted by Crippen LogP contribution is 2.01. The SMILES string of the molecule is CC(C)CNC(=O)CNC1CCC(=O)NC1. The summed E-state index contributed by atoms with van der Waals surface area (Å²) in [6, 6.07) is 0.225. The predicted octanol–water partition coefficient (Wildman–Crippen LogP) is -0.373. The minimum Gasteiger partial charge on any atom is -0.355 e. The maximum Gasteiger partial charge on any atom is 0.233 e. The van der Waals surface area contributed by atoms with Crippen LogP contribution in [0, 0.1) is 5.92 Å². The number of hydrogen-bond acceptors (Lipinski definition) is 3. The molecule has 1 rings (SSSR count). The van der Waals surface area contributed by atoms with Crippen molar-refractivity contribution < 1.29 is 9.59 Å². The monoisotopic (exact) mass is 227 g/mol. The van der Waals surface area contributed by atoms with Gasteiger partial charge in [-0.1, -0.05) is 13.8 Å². The first-order valence-corrected chi connectivity index (χ1v) is 5.84. The summed E-state index contributed by atoms with van der Waals surface area (Å²) in [7, 11) is 0. The van der Waals surface area contributed by atoms with E-state index in [1.807, 2.05) is 0 Å². The average Bonchev–Trinajstić information content (AvgIpc) is 2.25. The maximum absolute atomic E-state index is 11.4. The summed E-state index contributed by atoms with van der Waals surface area (Å²) in [4.78, 5) is 22.3. The van der Waals surface area contributed by atoms with E-state index in [-0.39, 0.29) is 17.9 Å². The van der Waals surface area contributed by atoms with E-state index >= 15 is 0 Å². The van der Waals surface area contributed by atoms with Crippen LogP contribution in [0.15, 0.2) is 0 Å². The summed E-state index contributed by atoms with van der Waals surface area (Å²) in [5, 5.41) is 8.75. The molecular weight excluding hydrogens is 206 g/mol. The Morgan fingerprint density at radius 3 is 2.88 bits per heavy atom. The van der Waals surface area contributed by atoms with Crippen LogP contribution in [-0.4, -0.2) is 37.5 Å². The third-order valence-corrected chi connectivity index (χ3v) is 2.52. The van der Waals surface area contributed by atoms with Crippen LogP contribution in [0.2, 0.25) is 0 Å². The summed E-state index contributed by atoms with van der Waals surface area (Å²) >= 11 is 0. The Hall–Kier alpha value is -1.10. The second-order valence-corrected chi connectivity index (χ2v) is 4.62. The topological polar surface area (TPSA) is 70.2 Å². The van der Waals surface area contributed by atoms with Crippen molar-refractivity contribution in [2.45, 2.75) is 32.7 Å². The largest absolute Gasteiger partial charge is 0.355 e. The molecule has 0 aromatic carbocycles. The van der Waals surface area contributed by atoms with Crippen molar-refractivity contribution in [3.05, 3.63) is 0 Å². The third-order valence-electron chi connectivity index (χ3n) is 2.52. The molecule has 0 spiro atoms. The van der Waals surface area contributed by atoms with E-state index in [2.05, 4.69) is 29.8 Å². The van der Waals surface area contributed by atoms with Crippen LogP contribution >= 0.6 is 0 Å². The van der Waals surface area contributed by atoms with E-state index in [0.29, 0.717) is 32.0 Å². The number of nitrogens with one attached hydrogen (secondary N) is 3. The Labute approximate surface area is 96.4 Å². The molecule has 0 bridgehead atoms. The molecule has 1 fully saturated rings. The lowest BCUT2D eigenvalue weighted by atomic mass is 10.1. The van der Waals surface area contributed by atoms with Gasteiger partial charge in [0.1, 0.15) is 0 Å². The van der Waals surface area contributed by atoms with E-state index in [9.17, 15) is 9.59 Å². The van der Waals surface area contributed by atoms with Crippen molar-refractivity contribution in [3.8, 4) is 0 Å². The number of carbonyl (C=O) groups excluding carboxylic acids is 2. The van der Waals surface area contributed by atoms with Gasteiger partial charge < -0.3 is 16.0 Å².